The second-order valence-corrected chi connectivity index (χ2v) is 8.42. The molecule has 2 N–H and O–H groups in total. The summed E-state index contributed by atoms with van der Waals surface area (Å²) in [5.41, 5.74) is -0.0556. The number of hydrogen-bond donors (Lipinski definition) is 2. The van der Waals surface area contributed by atoms with Gasteiger partial charge in [0.15, 0.2) is 0 Å². The van der Waals surface area contributed by atoms with E-state index in [9.17, 15) is 9.90 Å². The molecule has 1 heterocycles. The first-order chi connectivity index (χ1) is 12.0. The summed E-state index contributed by atoms with van der Waals surface area (Å²) in [6.07, 6.45) is 5.62. The molecule has 25 heavy (non-hydrogen) atoms. The lowest BCUT2D eigenvalue weighted by atomic mass is 9.52. The van der Waals surface area contributed by atoms with Gasteiger partial charge in [-0.2, -0.15) is 0 Å². The number of amides is 1. The van der Waals surface area contributed by atoms with E-state index < -0.39 is 5.60 Å². The lowest BCUT2D eigenvalue weighted by molar-refractivity contribution is -0.136. The van der Waals surface area contributed by atoms with Crippen LogP contribution in [0.15, 0.2) is 12.1 Å². The molecule has 4 saturated carbocycles. The third kappa shape index (κ3) is 3.24. The van der Waals surface area contributed by atoms with Crippen molar-refractivity contribution < 1.29 is 14.6 Å². The zero-order chi connectivity index (χ0) is 17.6. The minimum Gasteiger partial charge on any atom is -0.477 e. The Kier molecular flexibility index (Phi) is 4.40. The van der Waals surface area contributed by atoms with Gasteiger partial charge in [-0.3, -0.25) is 4.79 Å². The molecule has 0 aliphatic heterocycles. The second-order valence-electron chi connectivity index (χ2n) is 8.03. The standard InChI is InChI=1S/C19H25ClN2O3/c1-2-5-25-18-14(3-4-15(20)21-18)17(23)22-16-12-6-11-7-13(16)10-19(24,8-11)9-12/h3-4,11-13,16,24H,2,5-10H2,1H3,(H,22,23). The van der Waals surface area contributed by atoms with Crippen LogP contribution < -0.4 is 10.1 Å². The number of ether oxygens (including phenoxy) is 1. The van der Waals surface area contributed by atoms with Gasteiger partial charge in [0, 0.05) is 6.04 Å². The van der Waals surface area contributed by atoms with Gasteiger partial charge in [0.05, 0.1) is 12.2 Å². The van der Waals surface area contributed by atoms with Gasteiger partial charge in [-0.25, -0.2) is 4.98 Å². The summed E-state index contributed by atoms with van der Waals surface area (Å²) in [6, 6.07) is 3.44. The van der Waals surface area contributed by atoms with Crippen LogP contribution in [0, 0.1) is 17.8 Å². The van der Waals surface area contributed by atoms with Crippen LogP contribution in [-0.4, -0.2) is 34.2 Å². The Bertz CT molecular complexity index is 665. The van der Waals surface area contributed by atoms with Crippen LogP contribution in [0.25, 0.3) is 0 Å². The van der Waals surface area contributed by atoms with Gasteiger partial charge in [0.25, 0.3) is 5.91 Å². The molecule has 4 bridgehead atoms. The summed E-state index contributed by atoms with van der Waals surface area (Å²) < 4.78 is 5.62. The molecule has 0 radical (unpaired) electrons. The number of rotatable bonds is 5. The number of halogens is 1. The quantitative estimate of drug-likeness (QED) is 0.787. The molecule has 2 unspecified atom stereocenters. The van der Waals surface area contributed by atoms with Crippen LogP contribution in [0.3, 0.4) is 0 Å². The molecular weight excluding hydrogens is 340 g/mol. The third-order valence-electron chi connectivity index (χ3n) is 6.05. The Balaban J connectivity index is 1.51. The SMILES string of the molecule is CCCOc1nc(Cl)ccc1C(=O)NC1C2CC3CC1CC(O)(C3)C2. The summed E-state index contributed by atoms with van der Waals surface area (Å²) >= 11 is 5.96. The summed E-state index contributed by atoms with van der Waals surface area (Å²) in [6.45, 7) is 2.50. The van der Waals surface area contributed by atoms with Gasteiger partial charge in [-0.05, 0) is 68.4 Å². The molecule has 4 aliphatic carbocycles. The van der Waals surface area contributed by atoms with Crippen molar-refractivity contribution >= 4 is 17.5 Å². The monoisotopic (exact) mass is 364 g/mol. The number of aliphatic hydroxyl groups is 1. The largest absolute Gasteiger partial charge is 0.477 e. The summed E-state index contributed by atoms with van der Waals surface area (Å²) in [5, 5.41) is 14.2. The van der Waals surface area contributed by atoms with Crippen LogP contribution in [0.4, 0.5) is 0 Å². The zero-order valence-electron chi connectivity index (χ0n) is 14.5. The average molecular weight is 365 g/mol. The highest BCUT2D eigenvalue weighted by Gasteiger charge is 2.55. The van der Waals surface area contributed by atoms with E-state index in [-0.39, 0.29) is 11.9 Å². The molecule has 136 valence electrons. The Hall–Kier alpha value is -1.33. The van der Waals surface area contributed by atoms with E-state index in [2.05, 4.69) is 10.3 Å². The zero-order valence-corrected chi connectivity index (χ0v) is 15.3. The Morgan fingerprint density at radius 2 is 2.08 bits per heavy atom. The van der Waals surface area contributed by atoms with Crippen molar-refractivity contribution in [2.75, 3.05) is 6.61 Å². The van der Waals surface area contributed by atoms with Crippen molar-refractivity contribution in [3.8, 4) is 5.88 Å². The van der Waals surface area contributed by atoms with Gasteiger partial charge < -0.3 is 15.2 Å². The van der Waals surface area contributed by atoms with Gasteiger partial charge >= 0.3 is 0 Å². The molecular formula is C19H25ClN2O3. The molecule has 0 saturated heterocycles. The lowest BCUT2D eigenvalue weighted by Gasteiger charge is -2.58. The fraction of sp³-hybridized carbons (Fsp3) is 0.684. The molecule has 1 amide bonds. The van der Waals surface area contributed by atoms with Gasteiger partial charge in [-0.1, -0.05) is 18.5 Å². The summed E-state index contributed by atoms with van der Waals surface area (Å²) in [7, 11) is 0. The van der Waals surface area contributed by atoms with Gasteiger partial charge in [-0.15, -0.1) is 0 Å². The normalized spacial score (nSPS) is 35.6. The Morgan fingerprint density at radius 3 is 2.72 bits per heavy atom. The number of hydrogen-bond acceptors (Lipinski definition) is 4. The smallest absolute Gasteiger partial charge is 0.257 e. The minimum atomic E-state index is -0.491. The maximum absolute atomic E-state index is 12.9. The molecule has 1 aromatic rings. The highest BCUT2D eigenvalue weighted by molar-refractivity contribution is 6.29. The fourth-order valence-corrected chi connectivity index (χ4v) is 5.49. The van der Waals surface area contributed by atoms with E-state index in [1.807, 2.05) is 6.92 Å². The number of carbonyl (C=O) groups excluding carboxylic acids is 1. The molecule has 5 nitrogen and oxygen atoms in total. The molecule has 0 spiro atoms. The number of nitrogens with zero attached hydrogens (tertiary/aromatic N) is 1. The molecule has 4 fully saturated rings. The molecule has 0 aromatic carbocycles. The predicted octanol–water partition coefficient (Wildman–Crippen LogP) is 3.19. The third-order valence-corrected chi connectivity index (χ3v) is 6.26. The van der Waals surface area contributed by atoms with Crippen LogP contribution >= 0.6 is 11.6 Å². The maximum atomic E-state index is 12.9. The molecule has 1 aromatic heterocycles. The summed E-state index contributed by atoms with van der Waals surface area (Å²) in [4.78, 5) is 17.0. The van der Waals surface area contributed by atoms with Crippen molar-refractivity contribution in [3.05, 3.63) is 22.8 Å². The first-order valence-electron chi connectivity index (χ1n) is 9.30. The highest BCUT2D eigenvalue weighted by atomic mass is 35.5. The minimum absolute atomic E-state index is 0.138. The first-order valence-corrected chi connectivity index (χ1v) is 9.68. The van der Waals surface area contributed by atoms with Crippen molar-refractivity contribution in [2.24, 2.45) is 17.8 Å². The second kappa shape index (κ2) is 6.44. The van der Waals surface area contributed by atoms with Crippen LogP contribution in [0.1, 0.15) is 55.8 Å². The van der Waals surface area contributed by atoms with E-state index in [1.165, 1.54) is 0 Å². The van der Waals surface area contributed by atoms with E-state index >= 15 is 0 Å². The van der Waals surface area contributed by atoms with Crippen LogP contribution in [0.2, 0.25) is 5.15 Å². The average Bonchev–Trinajstić information content (AvgIpc) is 2.54. The van der Waals surface area contributed by atoms with E-state index in [0.29, 0.717) is 41.0 Å². The maximum Gasteiger partial charge on any atom is 0.257 e. The van der Waals surface area contributed by atoms with Crippen molar-refractivity contribution in [2.45, 2.75) is 57.1 Å². The van der Waals surface area contributed by atoms with E-state index in [1.54, 1.807) is 12.1 Å². The number of pyridine rings is 1. The fourth-order valence-electron chi connectivity index (χ4n) is 5.35. The van der Waals surface area contributed by atoms with Gasteiger partial charge in [0.1, 0.15) is 10.7 Å². The van der Waals surface area contributed by atoms with Crippen molar-refractivity contribution in [1.82, 2.24) is 10.3 Å². The molecule has 4 aliphatic rings. The van der Waals surface area contributed by atoms with Crippen molar-refractivity contribution in [3.63, 3.8) is 0 Å². The van der Waals surface area contributed by atoms with Crippen LogP contribution in [0.5, 0.6) is 5.88 Å². The van der Waals surface area contributed by atoms with E-state index in [0.717, 1.165) is 38.5 Å². The predicted molar refractivity (Wildman–Crippen MR) is 94.8 cm³/mol. The molecule has 6 heteroatoms. The van der Waals surface area contributed by atoms with E-state index in [4.69, 9.17) is 16.3 Å². The number of carbonyl (C=O) groups is 1. The lowest BCUT2D eigenvalue weighted by Crippen LogP contribution is -2.61. The van der Waals surface area contributed by atoms with Crippen molar-refractivity contribution in [1.29, 1.82) is 0 Å². The number of nitrogens with one attached hydrogen (secondary N) is 1. The Morgan fingerprint density at radius 1 is 1.36 bits per heavy atom. The molecule has 5 rings (SSSR count). The Labute approximate surface area is 153 Å². The highest BCUT2D eigenvalue weighted by Crippen LogP contribution is 2.55. The molecule has 2 atom stereocenters. The first kappa shape index (κ1) is 17.1. The number of aromatic nitrogens is 1. The summed E-state index contributed by atoms with van der Waals surface area (Å²) in [5.74, 6) is 1.52. The van der Waals surface area contributed by atoms with Crippen LogP contribution in [-0.2, 0) is 0 Å². The topological polar surface area (TPSA) is 71.5 Å². The van der Waals surface area contributed by atoms with Gasteiger partial charge in [0.2, 0.25) is 5.88 Å².